The number of fused-ring (bicyclic) bond motifs is 1. The van der Waals surface area contributed by atoms with Gasteiger partial charge in [-0.05, 0) is 30.9 Å². The molecule has 16 heavy (non-hydrogen) atoms. The summed E-state index contributed by atoms with van der Waals surface area (Å²) in [6.07, 6.45) is 0.975. The largest absolute Gasteiger partial charge is 0.302 e. The van der Waals surface area contributed by atoms with E-state index in [0.29, 0.717) is 0 Å². The Morgan fingerprint density at radius 1 is 1.06 bits per heavy atom. The highest BCUT2D eigenvalue weighted by molar-refractivity contribution is 6.35. The van der Waals surface area contributed by atoms with E-state index >= 15 is 0 Å². The van der Waals surface area contributed by atoms with Crippen LogP contribution in [0.25, 0.3) is 10.8 Å². The maximum absolute atomic E-state index is 11.1. The molecule has 0 N–H and O–H groups in total. The Hall–Kier alpha value is -1.34. The van der Waals surface area contributed by atoms with Crippen LogP contribution in [0.4, 0.5) is 0 Å². The average molecular weight is 233 g/mol. The van der Waals surface area contributed by atoms with E-state index in [1.165, 1.54) is 0 Å². The molecule has 0 spiro atoms. The van der Waals surface area contributed by atoms with Gasteiger partial charge in [0.05, 0.1) is 0 Å². The van der Waals surface area contributed by atoms with Crippen molar-refractivity contribution in [3.05, 3.63) is 47.0 Å². The quantitative estimate of drug-likeness (QED) is 0.716. The van der Waals surface area contributed by atoms with E-state index in [2.05, 4.69) is 0 Å². The molecule has 2 rings (SSSR count). The molecular weight excluding hydrogens is 220 g/mol. The molecule has 2 heteroatoms. The van der Waals surface area contributed by atoms with E-state index < -0.39 is 5.41 Å². The standard InChI is InChI=1S/C14H13ClO/c1-14(2,9-16)12-7-3-6-11-10(12)5-4-8-13(11)15/h3-9H,1-2H3. The predicted octanol–water partition coefficient (Wildman–Crippen LogP) is 3.97. The summed E-state index contributed by atoms with van der Waals surface area (Å²) in [7, 11) is 0. The van der Waals surface area contributed by atoms with Gasteiger partial charge in [-0.3, -0.25) is 0 Å². The SMILES string of the molecule is CC(C)(C=O)c1cccc2c(Cl)cccc12. The van der Waals surface area contributed by atoms with Crippen molar-refractivity contribution in [2.24, 2.45) is 0 Å². The Morgan fingerprint density at radius 2 is 1.69 bits per heavy atom. The van der Waals surface area contributed by atoms with Crippen LogP contribution in [0.1, 0.15) is 19.4 Å². The summed E-state index contributed by atoms with van der Waals surface area (Å²) in [6.45, 7) is 3.82. The molecule has 0 aliphatic carbocycles. The number of halogens is 1. The number of rotatable bonds is 2. The molecule has 82 valence electrons. The number of carbonyl (C=O) groups excluding carboxylic acids is 1. The molecule has 0 unspecified atom stereocenters. The van der Waals surface area contributed by atoms with Gasteiger partial charge >= 0.3 is 0 Å². The molecule has 0 aliphatic rings. The van der Waals surface area contributed by atoms with Gasteiger partial charge in [-0.25, -0.2) is 0 Å². The summed E-state index contributed by atoms with van der Waals surface area (Å²) in [6, 6.07) is 11.7. The lowest BCUT2D eigenvalue weighted by atomic mass is 9.83. The molecule has 0 radical (unpaired) electrons. The van der Waals surface area contributed by atoms with Crippen molar-refractivity contribution in [3.63, 3.8) is 0 Å². The highest BCUT2D eigenvalue weighted by Gasteiger charge is 2.21. The maximum Gasteiger partial charge on any atom is 0.129 e. The van der Waals surface area contributed by atoms with Crippen LogP contribution in [0.3, 0.4) is 0 Å². The maximum atomic E-state index is 11.1. The Morgan fingerprint density at radius 3 is 2.38 bits per heavy atom. The predicted molar refractivity (Wildman–Crippen MR) is 68.0 cm³/mol. The van der Waals surface area contributed by atoms with E-state index in [1.54, 1.807) is 0 Å². The second kappa shape index (κ2) is 3.91. The fourth-order valence-electron chi connectivity index (χ4n) is 1.90. The van der Waals surface area contributed by atoms with Crippen LogP contribution in [0.15, 0.2) is 36.4 Å². The zero-order valence-corrected chi connectivity index (χ0v) is 10.1. The minimum atomic E-state index is -0.482. The molecular formula is C14H13ClO. The van der Waals surface area contributed by atoms with Gasteiger partial charge in [0, 0.05) is 15.8 Å². The third kappa shape index (κ3) is 1.72. The van der Waals surface area contributed by atoms with Gasteiger partial charge in [0.15, 0.2) is 0 Å². The van der Waals surface area contributed by atoms with E-state index in [1.807, 2.05) is 50.2 Å². The van der Waals surface area contributed by atoms with Gasteiger partial charge in [-0.15, -0.1) is 0 Å². The van der Waals surface area contributed by atoms with Crippen molar-refractivity contribution in [1.82, 2.24) is 0 Å². The molecule has 0 aliphatic heterocycles. The van der Waals surface area contributed by atoms with E-state index in [0.717, 1.165) is 27.6 Å². The van der Waals surface area contributed by atoms with Gasteiger partial charge in [-0.1, -0.05) is 41.9 Å². The second-order valence-corrected chi connectivity index (χ2v) is 4.89. The van der Waals surface area contributed by atoms with Gasteiger partial charge in [0.1, 0.15) is 6.29 Å². The average Bonchev–Trinajstić information content (AvgIpc) is 2.29. The van der Waals surface area contributed by atoms with Gasteiger partial charge in [-0.2, -0.15) is 0 Å². The van der Waals surface area contributed by atoms with E-state index in [4.69, 9.17) is 11.6 Å². The summed E-state index contributed by atoms with van der Waals surface area (Å²) < 4.78 is 0. The Kier molecular flexibility index (Phi) is 2.73. The van der Waals surface area contributed by atoms with Crippen molar-refractivity contribution in [2.75, 3.05) is 0 Å². The number of benzene rings is 2. The number of carbonyl (C=O) groups is 1. The molecule has 1 nitrogen and oxygen atoms in total. The van der Waals surface area contributed by atoms with Crippen molar-refractivity contribution < 1.29 is 4.79 Å². The summed E-state index contributed by atoms with van der Waals surface area (Å²) in [5.74, 6) is 0. The van der Waals surface area contributed by atoms with Crippen LogP contribution >= 0.6 is 11.6 Å². The van der Waals surface area contributed by atoms with Crippen LogP contribution < -0.4 is 0 Å². The zero-order chi connectivity index (χ0) is 11.8. The topological polar surface area (TPSA) is 17.1 Å². The van der Waals surface area contributed by atoms with Crippen LogP contribution in [0.2, 0.25) is 5.02 Å². The van der Waals surface area contributed by atoms with E-state index in [9.17, 15) is 4.79 Å². The molecule has 0 bridgehead atoms. The molecule has 2 aromatic carbocycles. The van der Waals surface area contributed by atoms with Crippen molar-refractivity contribution in [2.45, 2.75) is 19.3 Å². The van der Waals surface area contributed by atoms with Crippen molar-refractivity contribution >= 4 is 28.7 Å². The molecule has 0 heterocycles. The lowest BCUT2D eigenvalue weighted by Gasteiger charge is -2.20. The monoisotopic (exact) mass is 232 g/mol. The minimum Gasteiger partial charge on any atom is -0.302 e. The summed E-state index contributed by atoms with van der Waals surface area (Å²) >= 11 is 6.13. The lowest BCUT2D eigenvalue weighted by molar-refractivity contribution is -0.111. The third-order valence-corrected chi connectivity index (χ3v) is 3.19. The molecule has 0 aromatic heterocycles. The van der Waals surface area contributed by atoms with Crippen LogP contribution in [-0.2, 0) is 10.2 Å². The van der Waals surface area contributed by atoms with E-state index in [-0.39, 0.29) is 0 Å². The summed E-state index contributed by atoms with van der Waals surface area (Å²) in [4.78, 5) is 11.1. The molecule has 0 fully saturated rings. The normalized spacial score (nSPS) is 11.7. The van der Waals surface area contributed by atoms with Crippen LogP contribution in [0.5, 0.6) is 0 Å². The number of hydrogen-bond donors (Lipinski definition) is 0. The molecule has 0 saturated heterocycles. The zero-order valence-electron chi connectivity index (χ0n) is 9.33. The number of aldehydes is 1. The highest BCUT2D eigenvalue weighted by atomic mass is 35.5. The smallest absolute Gasteiger partial charge is 0.129 e. The van der Waals surface area contributed by atoms with Crippen LogP contribution in [-0.4, -0.2) is 6.29 Å². The Bertz CT molecular complexity index is 543. The number of hydrogen-bond acceptors (Lipinski definition) is 1. The third-order valence-electron chi connectivity index (χ3n) is 2.86. The molecule has 0 saturated carbocycles. The van der Waals surface area contributed by atoms with Gasteiger partial charge in [0.2, 0.25) is 0 Å². The molecule has 2 aromatic rings. The van der Waals surface area contributed by atoms with Gasteiger partial charge < -0.3 is 4.79 Å². The minimum absolute atomic E-state index is 0.482. The Balaban J connectivity index is 2.82. The van der Waals surface area contributed by atoms with Crippen molar-refractivity contribution in [3.8, 4) is 0 Å². The van der Waals surface area contributed by atoms with Crippen molar-refractivity contribution in [1.29, 1.82) is 0 Å². The summed E-state index contributed by atoms with van der Waals surface area (Å²) in [5.41, 5.74) is 0.534. The first kappa shape index (κ1) is 11.2. The summed E-state index contributed by atoms with van der Waals surface area (Å²) in [5, 5.41) is 2.77. The first-order chi connectivity index (χ1) is 7.56. The van der Waals surface area contributed by atoms with Gasteiger partial charge in [0.25, 0.3) is 0 Å². The fraction of sp³-hybridized carbons (Fsp3) is 0.214. The Labute approximate surface area is 100 Å². The first-order valence-electron chi connectivity index (χ1n) is 5.20. The highest BCUT2D eigenvalue weighted by Crippen LogP contribution is 2.32. The second-order valence-electron chi connectivity index (χ2n) is 4.48. The first-order valence-corrected chi connectivity index (χ1v) is 5.58. The van der Waals surface area contributed by atoms with Crippen LogP contribution in [0, 0.1) is 0 Å². The molecule has 0 amide bonds. The fourth-order valence-corrected chi connectivity index (χ4v) is 2.13. The lowest BCUT2D eigenvalue weighted by Crippen LogP contribution is -2.18. The molecule has 0 atom stereocenters.